The van der Waals surface area contributed by atoms with Crippen molar-refractivity contribution < 1.29 is 24.2 Å². The van der Waals surface area contributed by atoms with Crippen molar-refractivity contribution in [2.75, 3.05) is 12.4 Å². The Morgan fingerprint density at radius 3 is 2.26 bits per heavy atom. The molecule has 184 valence electrons. The van der Waals surface area contributed by atoms with E-state index in [0.29, 0.717) is 30.7 Å². The first-order valence-corrected chi connectivity index (χ1v) is 11.5. The largest absolute Gasteiger partial charge is 0.497 e. The number of ether oxygens (including phenoxy) is 1. The maximum Gasteiger partial charge on any atom is 0.320 e. The van der Waals surface area contributed by atoms with E-state index in [0.717, 1.165) is 5.56 Å². The summed E-state index contributed by atoms with van der Waals surface area (Å²) in [6, 6.07) is 14.2. The van der Waals surface area contributed by atoms with Gasteiger partial charge in [-0.3, -0.25) is 19.7 Å². The van der Waals surface area contributed by atoms with Crippen LogP contribution in [-0.2, 0) is 20.8 Å². The molecule has 0 aliphatic carbocycles. The first kappa shape index (κ1) is 26.9. The van der Waals surface area contributed by atoms with Crippen molar-refractivity contribution in [3.63, 3.8) is 0 Å². The topological polar surface area (TPSA) is 117 Å². The smallest absolute Gasteiger partial charge is 0.320 e. The van der Waals surface area contributed by atoms with Gasteiger partial charge in [-0.1, -0.05) is 50.2 Å². The minimum atomic E-state index is -1.05. The van der Waals surface area contributed by atoms with Gasteiger partial charge in [-0.2, -0.15) is 0 Å². The first-order chi connectivity index (χ1) is 16.2. The highest BCUT2D eigenvalue weighted by Crippen LogP contribution is 2.18. The number of amides is 2. The molecule has 34 heavy (non-hydrogen) atoms. The fourth-order valence-electron chi connectivity index (χ4n) is 3.52. The fourth-order valence-corrected chi connectivity index (χ4v) is 3.52. The number of carbonyl (C=O) groups excluding carboxylic acids is 2. The Hall–Kier alpha value is -3.39. The van der Waals surface area contributed by atoms with Crippen LogP contribution in [0.4, 0.5) is 5.69 Å². The molecule has 0 heterocycles. The molecule has 0 aliphatic heterocycles. The number of benzene rings is 2. The lowest BCUT2D eigenvalue weighted by atomic mass is 10.0. The number of hydrogen-bond donors (Lipinski definition) is 4. The number of carboxylic acid groups (broad SMARTS) is 1. The third-order valence-corrected chi connectivity index (χ3v) is 5.38. The highest BCUT2D eigenvalue weighted by Gasteiger charge is 2.28. The van der Waals surface area contributed by atoms with Gasteiger partial charge in [0.15, 0.2) is 0 Å². The van der Waals surface area contributed by atoms with Crippen LogP contribution in [-0.4, -0.2) is 48.1 Å². The van der Waals surface area contributed by atoms with Crippen LogP contribution < -0.4 is 20.7 Å². The summed E-state index contributed by atoms with van der Waals surface area (Å²) in [4.78, 5) is 37.6. The molecule has 8 heteroatoms. The van der Waals surface area contributed by atoms with Crippen LogP contribution in [0.2, 0.25) is 0 Å². The van der Waals surface area contributed by atoms with Gasteiger partial charge in [0.1, 0.15) is 17.8 Å². The molecule has 2 aromatic rings. The summed E-state index contributed by atoms with van der Waals surface area (Å²) in [5.41, 5.74) is 1.60. The Morgan fingerprint density at radius 2 is 1.65 bits per heavy atom. The Balaban J connectivity index is 2.14. The summed E-state index contributed by atoms with van der Waals surface area (Å²) in [6.07, 6.45) is 1.41. The maximum atomic E-state index is 13.2. The normalized spacial score (nSPS) is 13.6. The van der Waals surface area contributed by atoms with Crippen molar-refractivity contribution in [2.24, 2.45) is 5.92 Å². The van der Waals surface area contributed by atoms with Crippen molar-refractivity contribution >= 4 is 23.5 Å². The van der Waals surface area contributed by atoms with E-state index in [2.05, 4.69) is 16.0 Å². The molecule has 2 aromatic carbocycles. The summed E-state index contributed by atoms with van der Waals surface area (Å²) >= 11 is 0. The van der Waals surface area contributed by atoms with Gasteiger partial charge in [-0.25, -0.2) is 0 Å². The van der Waals surface area contributed by atoms with E-state index in [9.17, 15) is 19.5 Å². The second-order valence-electron chi connectivity index (χ2n) is 8.72. The third kappa shape index (κ3) is 8.86. The van der Waals surface area contributed by atoms with Gasteiger partial charge in [0, 0.05) is 11.8 Å². The van der Waals surface area contributed by atoms with Gasteiger partial charge in [0.2, 0.25) is 11.8 Å². The quantitative estimate of drug-likeness (QED) is 0.358. The third-order valence-electron chi connectivity index (χ3n) is 5.38. The Morgan fingerprint density at radius 1 is 0.941 bits per heavy atom. The standard InChI is InChI=1S/C26H35N3O5/c1-17(2)15-23(25(31)28-20-11-8-12-21(16-20)34-4)29-24(30)22(27-18(3)26(32)33)14-13-19-9-6-5-7-10-19/h5-12,16-18,22-23,27H,13-15H2,1-4H3,(H,28,31)(H,29,30)(H,32,33)/t18-,22+,23+/m1/s1. The van der Waals surface area contributed by atoms with E-state index < -0.39 is 30.0 Å². The highest BCUT2D eigenvalue weighted by atomic mass is 16.5. The second kappa shape index (κ2) is 13.3. The molecule has 4 N–H and O–H groups in total. The van der Waals surface area contributed by atoms with Gasteiger partial charge in [0.25, 0.3) is 0 Å². The molecule has 0 unspecified atom stereocenters. The van der Waals surface area contributed by atoms with Gasteiger partial charge in [0.05, 0.1) is 13.2 Å². The zero-order valence-corrected chi connectivity index (χ0v) is 20.2. The van der Waals surface area contributed by atoms with Crippen molar-refractivity contribution in [1.29, 1.82) is 0 Å². The molecule has 0 aromatic heterocycles. The summed E-state index contributed by atoms with van der Waals surface area (Å²) in [5, 5.41) is 17.9. The van der Waals surface area contributed by atoms with Gasteiger partial charge in [-0.05, 0) is 49.8 Å². The summed E-state index contributed by atoms with van der Waals surface area (Å²) in [6.45, 7) is 5.43. The predicted molar refractivity (Wildman–Crippen MR) is 132 cm³/mol. The number of rotatable bonds is 13. The molecule has 8 nitrogen and oxygen atoms in total. The monoisotopic (exact) mass is 469 g/mol. The molecule has 2 amide bonds. The predicted octanol–water partition coefficient (Wildman–Crippen LogP) is 3.23. The summed E-state index contributed by atoms with van der Waals surface area (Å²) in [7, 11) is 1.55. The Labute approximate surface area is 201 Å². The maximum absolute atomic E-state index is 13.2. The Kier molecular flexibility index (Phi) is 10.5. The van der Waals surface area contributed by atoms with Gasteiger partial charge >= 0.3 is 5.97 Å². The first-order valence-electron chi connectivity index (χ1n) is 11.5. The van der Waals surface area contributed by atoms with E-state index in [1.54, 1.807) is 31.4 Å². The summed E-state index contributed by atoms with van der Waals surface area (Å²) in [5.74, 6) is -1.05. The average molecular weight is 470 g/mol. The lowest BCUT2D eigenvalue weighted by Crippen LogP contribution is -2.54. The molecule has 0 fully saturated rings. The zero-order chi connectivity index (χ0) is 25.1. The minimum Gasteiger partial charge on any atom is -0.497 e. The van der Waals surface area contributed by atoms with E-state index >= 15 is 0 Å². The molecule has 0 spiro atoms. The second-order valence-corrected chi connectivity index (χ2v) is 8.72. The number of carboxylic acids is 1. The van der Waals surface area contributed by atoms with Crippen molar-refractivity contribution in [3.05, 3.63) is 60.2 Å². The molecule has 0 saturated heterocycles. The fraction of sp³-hybridized carbons (Fsp3) is 0.423. The number of carbonyl (C=O) groups is 3. The van der Waals surface area contributed by atoms with Gasteiger partial charge in [-0.15, -0.1) is 0 Å². The average Bonchev–Trinajstić information content (AvgIpc) is 2.81. The zero-order valence-electron chi connectivity index (χ0n) is 20.2. The number of nitrogens with one attached hydrogen (secondary N) is 3. The Bertz CT molecular complexity index is 948. The molecule has 2 rings (SSSR count). The number of hydrogen-bond acceptors (Lipinski definition) is 5. The van der Waals surface area contributed by atoms with Crippen LogP contribution in [0, 0.1) is 5.92 Å². The van der Waals surface area contributed by atoms with Crippen LogP contribution >= 0.6 is 0 Å². The number of aryl methyl sites for hydroxylation is 1. The van der Waals surface area contributed by atoms with Crippen molar-refractivity contribution in [3.8, 4) is 5.75 Å². The van der Waals surface area contributed by atoms with Crippen LogP contribution in [0.15, 0.2) is 54.6 Å². The lowest BCUT2D eigenvalue weighted by Gasteiger charge is -2.25. The van der Waals surface area contributed by atoms with Crippen molar-refractivity contribution in [2.45, 2.75) is 58.2 Å². The lowest BCUT2D eigenvalue weighted by molar-refractivity contribution is -0.139. The van der Waals surface area contributed by atoms with E-state index in [1.807, 2.05) is 44.2 Å². The molecule has 3 atom stereocenters. The van der Waals surface area contributed by atoms with E-state index in [-0.39, 0.29) is 11.8 Å². The highest BCUT2D eigenvalue weighted by molar-refractivity contribution is 5.98. The van der Waals surface area contributed by atoms with E-state index in [4.69, 9.17) is 4.74 Å². The summed E-state index contributed by atoms with van der Waals surface area (Å²) < 4.78 is 5.20. The number of aliphatic carboxylic acids is 1. The van der Waals surface area contributed by atoms with Crippen LogP contribution in [0.1, 0.15) is 39.2 Å². The SMILES string of the molecule is COc1cccc(NC(=O)[C@H](CC(C)C)NC(=O)[C@H](CCc2ccccc2)N[C@H](C)C(=O)O)c1. The van der Waals surface area contributed by atoms with Crippen LogP contribution in [0.3, 0.4) is 0 Å². The molecular weight excluding hydrogens is 434 g/mol. The van der Waals surface area contributed by atoms with Crippen molar-refractivity contribution in [1.82, 2.24) is 10.6 Å². The number of anilines is 1. The molecule has 0 saturated carbocycles. The molecule has 0 radical (unpaired) electrons. The minimum absolute atomic E-state index is 0.148. The van der Waals surface area contributed by atoms with Gasteiger partial charge < -0.3 is 20.5 Å². The molecule has 0 bridgehead atoms. The van der Waals surface area contributed by atoms with Crippen LogP contribution in [0.5, 0.6) is 5.75 Å². The molecule has 0 aliphatic rings. The molecular formula is C26H35N3O5. The number of methoxy groups -OCH3 is 1. The van der Waals surface area contributed by atoms with E-state index in [1.165, 1.54) is 6.92 Å². The van der Waals surface area contributed by atoms with Crippen LogP contribution in [0.25, 0.3) is 0 Å².